The first-order valence-corrected chi connectivity index (χ1v) is 6.01. The van der Waals surface area contributed by atoms with E-state index in [0.717, 1.165) is 13.1 Å². The molecule has 0 spiro atoms. The zero-order chi connectivity index (χ0) is 12.3. The summed E-state index contributed by atoms with van der Waals surface area (Å²) < 4.78 is 0. The number of aryl methyl sites for hydroxylation is 1. The van der Waals surface area contributed by atoms with Gasteiger partial charge < -0.3 is 10.2 Å². The Kier molecular flexibility index (Phi) is 3.73. The zero-order valence-corrected chi connectivity index (χ0v) is 10.4. The van der Waals surface area contributed by atoms with E-state index in [1.807, 2.05) is 0 Å². The fourth-order valence-electron chi connectivity index (χ4n) is 2.20. The maximum atomic E-state index is 11.7. The Hall–Kier alpha value is -1.43. The lowest BCUT2D eigenvalue weighted by atomic mass is 9.98. The standard InChI is InChI=1S/C11H19N5O/c1-8-13-10(15-14-8)11(17)12-6-9-4-3-5-16(2)7-9/h9H,3-7H2,1-2H3,(H,12,17)(H,13,14,15). The molecule has 0 aliphatic carbocycles. The van der Waals surface area contributed by atoms with E-state index in [1.54, 1.807) is 6.92 Å². The predicted octanol–water partition coefficient (Wildman–Crippen LogP) is 0.185. The molecule has 1 aromatic heterocycles. The van der Waals surface area contributed by atoms with Gasteiger partial charge in [-0.15, -0.1) is 5.10 Å². The molecule has 0 radical (unpaired) electrons. The number of likely N-dealkylation sites (tertiary alicyclic amines) is 1. The Labute approximate surface area is 101 Å². The molecule has 6 nitrogen and oxygen atoms in total. The van der Waals surface area contributed by atoms with Gasteiger partial charge >= 0.3 is 0 Å². The van der Waals surface area contributed by atoms with Crippen LogP contribution in [-0.2, 0) is 0 Å². The number of rotatable bonds is 3. The molecule has 1 fully saturated rings. The van der Waals surface area contributed by atoms with Crippen LogP contribution in [0.15, 0.2) is 0 Å². The van der Waals surface area contributed by atoms with Crippen LogP contribution in [0.5, 0.6) is 0 Å². The molecule has 0 aromatic carbocycles. The third-order valence-corrected chi connectivity index (χ3v) is 3.07. The van der Waals surface area contributed by atoms with E-state index in [1.165, 1.54) is 12.8 Å². The van der Waals surface area contributed by atoms with Crippen molar-refractivity contribution in [3.05, 3.63) is 11.6 Å². The fourth-order valence-corrected chi connectivity index (χ4v) is 2.20. The summed E-state index contributed by atoms with van der Waals surface area (Å²) in [5.41, 5.74) is 0. The summed E-state index contributed by atoms with van der Waals surface area (Å²) in [6.07, 6.45) is 2.38. The molecule has 1 amide bonds. The third-order valence-electron chi connectivity index (χ3n) is 3.07. The minimum absolute atomic E-state index is 0.192. The van der Waals surface area contributed by atoms with Crippen molar-refractivity contribution in [3.63, 3.8) is 0 Å². The van der Waals surface area contributed by atoms with Crippen LogP contribution in [0.1, 0.15) is 29.3 Å². The summed E-state index contributed by atoms with van der Waals surface area (Å²) in [6, 6.07) is 0. The molecule has 1 unspecified atom stereocenters. The molecule has 17 heavy (non-hydrogen) atoms. The van der Waals surface area contributed by atoms with E-state index < -0.39 is 0 Å². The Morgan fingerprint density at radius 1 is 1.65 bits per heavy atom. The molecule has 2 rings (SSSR count). The smallest absolute Gasteiger partial charge is 0.290 e. The minimum atomic E-state index is -0.192. The maximum Gasteiger partial charge on any atom is 0.290 e. The Balaban J connectivity index is 1.80. The molecule has 94 valence electrons. The quantitative estimate of drug-likeness (QED) is 0.786. The predicted molar refractivity (Wildman–Crippen MR) is 63.7 cm³/mol. The summed E-state index contributed by atoms with van der Waals surface area (Å²) in [4.78, 5) is 18.0. The molecule has 0 saturated carbocycles. The summed E-state index contributed by atoms with van der Waals surface area (Å²) in [7, 11) is 2.12. The first-order valence-electron chi connectivity index (χ1n) is 6.01. The van der Waals surface area contributed by atoms with Crippen molar-refractivity contribution in [1.29, 1.82) is 0 Å². The first-order chi connectivity index (χ1) is 8.15. The first kappa shape index (κ1) is 12.0. The summed E-state index contributed by atoms with van der Waals surface area (Å²) in [6.45, 7) is 4.69. The largest absolute Gasteiger partial charge is 0.349 e. The number of carbonyl (C=O) groups is 1. The van der Waals surface area contributed by atoms with E-state index >= 15 is 0 Å². The molecule has 2 N–H and O–H groups in total. The number of hydrogen-bond acceptors (Lipinski definition) is 4. The lowest BCUT2D eigenvalue weighted by Crippen LogP contribution is -2.39. The summed E-state index contributed by atoms with van der Waals surface area (Å²) in [5.74, 6) is 1.24. The lowest BCUT2D eigenvalue weighted by Gasteiger charge is -2.29. The van der Waals surface area contributed by atoms with Crippen molar-refractivity contribution in [3.8, 4) is 0 Å². The molecule has 2 heterocycles. The molecular weight excluding hydrogens is 218 g/mol. The van der Waals surface area contributed by atoms with Gasteiger partial charge in [-0.25, -0.2) is 4.98 Å². The molecular formula is C11H19N5O. The van der Waals surface area contributed by atoms with Crippen molar-refractivity contribution < 1.29 is 4.79 Å². The second kappa shape index (κ2) is 5.27. The van der Waals surface area contributed by atoms with Gasteiger partial charge in [0.25, 0.3) is 5.91 Å². The minimum Gasteiger partial charge on any atom is -0.349 e. The molecule has 1 atom stereocenters. The van der Waals surface area contributed by atoms with Crippen LogP contribution in [0.25, 0.3) is 0 Å². The number of hydrogen-bond donors (Lipinski definition) is 2. The summed E-state index contributed by atoms with van der Waals surface area (Å²) in [5, 5.41) is 9.39. The van der Waals surface area contributed by atoms with Crippen molar-refractivity contribution in [2.24, 2.45) is 5.92 Å². The van der Waals surface area contributed by atoms with E-state index in [9.17, 15) is 4.79 Å². The lowest BCUT2D eigenvalue weighted by molar-refractivity contribution is 0.0927. The van der Waals surface area contributed by atoms with Crippen molar-refractivity contribution in [1.82, 2.24) is 25.4 Å². The van der Waals surface area contributed by atoms with Crippen LogP contribution in [-0.4, -0.2) is 52.7 Å². The maximum absolute atomic E-state index is 11.7. The number of piperidine rings is 1. The second-order valence-electron chi connectivity index (χ2n) is 4.72. The van der Waals surface area contributed by atoms with Crippen LogP contribution >= 0.6 is 0 Å². The van der Waals surface area contributed by atoms with Crippen molar-refractivity contribution >= 4 is 5.91 Å². The van der Waals surface area contributed by atoms with E-state index in [2.05, 4.69) is 32.4 Å². The molecule has 1 saturated heterocycles. The highest BCUT2D eigenvalue weighted by Gasteiger charge is 2.19. The van der Waals surface area contributed by atoms with Crippen molar-refractivity contribution in [2.75, 3.05) is 26.7 Å². The van der Waals surface area contributed by atoms with Gasteiger partial charge in [-0.2, -0.15) is 0 Å². The van der Waals surface area contributed by atoms with Gasteiger partial charge in [0.2, 0.25) is 5.82 Å². The topological polar surface area (TPSA) is 73.9 Å². The molecule has 0 bridgehead atoms. The van der Waals surface area contributed by atoms with Gasteiger partial charge in [0.15, 0.2) is 0 Å². The highest BCUT2D eigenvalue weighted by molar-refractivity contribution is 5.90. The van der Waals surface area contributed by atoms with Crippen molar-refractivity contribution in [2.45, 2.75) is 19.8 Å². The van der Waals surface area contributed by atoms with Crippen LogP contribution in [0.4, 0.5) is 0 Å². The van der Waals surface area contributed by atoms with Gasteiger partial charge in [0.05, 0.1) is 0 Å². The number of nitrogens with one attached hydrogen (secondary N) is 2. The van der Waals surface area contributed by atoms with E-state index in [4.69, 9.17) is 0 Å². The van der Waals surface area contributed by atoms with Gasteiger partial charge in [-0.05, 0) is 39.3 Å². The number of nitrogens with zero attached hydrogens (tertiary/aromatic N) is 3. The van der Waals surface area contributed by atoms with Crippen LogP contribution in [0, 0.1) is 12.8 Å². The van der Waals surface area contributed by atoms with Gasteiger partial charge in [0.1, 0.15) is 5.82 Å². The fraction of sp³-hybridized carbons (Fsp3) is 0.727. The van der Waals surface area contributed by atoms with Crippen LogP contribution in [0.2, 0.25) is 0 Å². The monoisotopic (exact) mass is 237 g/mol. The highest BCUT2D eigenvalue weighted by atomic mass is 16.2. The summed E-state index contributed by atoms with van der Waals surface area (Å²) >= 11 is 0. The van der Waals surface area contributed by atoms with E-state index in [-0.39, 0.29) is 11.7 Å². The van der Waals surface area contributed by atoms with Crippen LogP contribution < -0.4 is 5.32 Å². The molecule has 6 heteroatoms. The zero-order valence-electron chi connectivity index (χ0n) is 10.4. The Bertz CT molecular complexity index is 389. The van der Waals surface area contributed by atoms with E-state index in [0.29, 0.717) is 18.3 Å². The number of amides is 1. The number of carbonyl (C=O) groups excluding carboxylic acids is 1. The number of aromatic amines is 1. The second-order valence-corrected chi connectivity index (χ2v) is 4.72. The number of H-pyrrole nitrogens is 1. The van der Waals surface area contributed by atoms with Gasteiger partial charge in [-0.3, -0.25) is 9.89 Å². The average Bonchev–Trinajstić information content (AvgIpc) is 2.73. The number of aromatic nitrogens is 3. The average molecular weight is 237 g/mol. The Morgan fingerprint density at radius 3 is 3.12 bits per heavy atom. The highest BCUT2D eigenvalue weighted by Crippen LogP contribution is 2.13. The van der Waals surface area contributed by atoms with Gasteiger partial charge in [-0.1, -0.05) is 0 Å². The SMILES string of the molecule is Cc1nc(C(=O)NCC2CCCN(C)C2)n[nH]1. The third kappa shape index (κ3) is 3.26. The van der Waals surface area contributed by atoms with Crippen LogP contribution in [0.3, 0.4) is 0 Å². The molecule has 1 aliphatic rings. The van der Waals surface area contributed by atoms with Gasteiger partial charge in [0, 0.05) is 13.1 Å². The Morgan fingerprint density at radius 2 is 2.47 bits per heavy atom. The molecule has 1 aromatic rings. The molecule has 1 aliphatic heterocycles. The normalized spacial score (nSPS) is 21.4.